The van der Waals surface area contributed by atoms with Gasteiger partial charge < -0.3 is 9.64 Å². The number of hydrazine groups is 1. The minimum Gasteiger partial charge on any atom is -0.467 e. The van der Waals surface area contributed by atoms with Crippen LogP contribution < -0.4 is 20.9 Å². The third kappa shape index (κ3) is 3.69. The molecular formula is C13H24N6O. The summed E-state index contributed by atoms with van der Waals surface area (Å²) in [6, 6.07) is 0.289. The van der Waals surface area contributed by atoms with Gasteiger partial charge in [-0.05, 0) is 25.2 Å². The van der Waals surface area contributed by atoms with Crippen LogP contribution in [0.5, 0.6) is 6.01 Å². The molecule has 20 heavy (non-hydrogen) atoms. The predicted octanol–water partition coefficient (Wildman–Crippen LogP) is 1.57. The molecule has 0 aromatic carbocycles. The number of hydrogen-bond acceptors (Lipinski definition) is 7. The number of nitrogens with one attached hydrogen (secondary N) is 1. The van der Waals surface area contributed by atoms with Gasteiger partial charge in [0, 0.05) is 13.1 Å². The number of aromatic nitrogens is 3. The first-order chi connectivity index (χ1) is 9.76. The Bertz CT molecular complexity index is 405. The Labute approximate surface area is 119 Å². The van der Waals surface area contributed by atoms with Crippen molar-refractivity contribution < 1.29 is 4.74 Å². The highest BCUT2D eigenvalue weighted by molar-refractivity contribution is 5.37. The van der Waals surface area contributed by atoms with E-state index in [4.69, 9.17) is 10.6 Å². The summed E-state index contributed by atoms with van der Waals surface area (Å²) in [6.45, 7) is 4.19. The van der Waals surface area contributed by atoms with Crippen LogP contribution in [0, 0.1) is 5.92 Å². The van der Waals surface area contributed by atoms with Gasteiger partial charge >= 0.3 is 6.01 Å². The van der Waals surface area contributed by atoms with Crippen molar-refractivity contribution in [3.63, 3.8) is 0 Å². The fraction of sp³-hybridized carbons (Fsp3) is 0.769. The number of hydrogen-bond donors (Lipinski definition) is 2. The molecule has 2 rings (SSSR count). The molecule has 1 aromatic rings. The first-order valence-corrected chi connectivity index (χ1v) is 7.28. The molecule has 0 spiro atoms. The van der Waals surface area contributed by atoms with E-state index in [-0.39, 0.29) is 6.01 Å². The maximum absolute atomic E-state index is 5.39. The van der Waals surface area contributed by atoms with Gasteiger partial charge in [-0.1, -0.05) is 19.8 Å². The molecule has 1 saturated heterocycles. The smallest absolute Gasteiger partial charge is 0.322 e. The van der Waals surface area contributed by atoms with Crippen molar-refractivity contribution in [1.82, 2.24) is 15.0 Å². The van der Waals surface area contributed by atoms with Gasteiger partial charge in [-0.25, -0.2) is 5.84 Å². The van der Waals surface area contributed by atoms with E-state index in [0.717, 1.165) is 19.0 Å². The van der Waals surface area contributed by atoms with E-state index in [2.05, 4.69) is 32.2 Å². The number of nitrogens with zero attached hydrogens (tertiary/aromatic N) is 4. The first kappa shape index (κ1) is 14.8. The van der Waals surface area contributed by atoms with Crippen LogP contribution in [0.1, 0.15) is 39.0 Å². The van der Waals surface area contributed by atoms with E-state index < -0.39 is 0 Å². The topological polar surface area (TPSA) is 89.2 Å². The van der Waals surface area contributed by atoms with Gasteiger partial charge in [0.1, 0.15) is 0 Å². The normalized spacial score (nSPS) is 19.6. The molecule has 0 aliphatic carbocycles. The van der Waals surface area contributed by atoms with Crippen molar-refractivity contribution in [3.05, 3.63) is 0 Å². The molecule has 0 bridgehead atoms. The molecule has 0 amide bonds. The van der Waals surface area contributed by atoms with Gasteiger partial charge in [-0.15, -0.1) is 0 Å². The average Bonchev–Trinajstić information content (AvgIpc) is 2.73. The Morgan fingerprint density at radius 3 is 2.85 bits per heavy atom. The molecule has 3 N–H and O–H groups in total. The van der Waals surface area contributed by atoms with E-state index in [9.17, 15) is 0 Å². The summed E-state index contributed by atoms with van der Waals surface area (Å²) >= 11 is 0. The standard InChI is InChI=1S/C13H24N6O/c1-3-5-10-6-4-8-19(9-7-10)12-15-11(18-14)16-13(17-12)20-2/h10H,3-9,14H2,1-2H3,(H,15,16,17,18). The highest BCUT2D eigenvalue weighted by Crippen LogP contribution is 2.24. The molecule has 7 nitrogen and oxygen atoms in total. The van der Waals surface area contributed by atoms with Crippen LogP contribution in [0.3, 0.4) is 0 Å². The maximum atomic E-state index is 5.39. The summed E-state index contributed by atoms with van der Waals surface area (Å²) in [7, 11) is 1.54. The summed E-state index contributed by atoms with van der Waals surface area (Å²) in [5.74, 6) is 7.18. The Balaban J connectivity index is 2.10. The van der Waals surface area contributed by atoms with Crippen molar-refractivity contribution in [3.8, 4) is 6.01 Å². The van der Waals surface area contributed by atoms with Crippen LogP contribution in [0.4, 0.5) is 11.9 Å². The number of nitrogens with two attached hydrogens (primary N) is 1. The van der Waals surface area contributed by atoms with Crippen LogP contribution in [-0.2, 0) is 0 Å². The zero-order valence-electron chi connectivity index (χ0n) is 12.3. The van der Waals surface area contributed by atoms with Crippen LogP contribution >= 0.6 is 0 Å². The van der Waals surface area contributed by atoms with E-state index >= 15 is 0 Å². The summed E-state index contributed by atoms with van der Waals surface area (Å²) < 4.78 is 5.09. The fourth-order valence-corrected chi connectivity index (χ4v) is 2.71. The quantitative estimate of drug-likeness (QED) is 0.625. The highest BCUT2D eigenvalue weighted by Gasteiger charge is 2.19. The van der Waals surface area contributed by atoms with Crippen molar-refractivity contribution in [1.29, 1.82) is 0 Å². The lowest BCUT2D eigenvalue weighted by molar-refractivity contribution is 0.378. The lowest BCUT2D eigenvalue weighted by Gasteiger charge is -2.21. The summed E-state index contributed by atoms with van der Waals surface area (Å²) in [5, 5.41) is 0. The molecule has 2 heterocycles. The molecule has 1 aliphatic rings. The highest BCUT2D eigenvalue weighted by atomic mass is 16.5. The van der Waals surface area contributed by atoms with E-state index in [0.29, 0.717) is 11.9 Å². The Morgan fingerprint density at radius 2 is 2.15 bits per heavy atom. The van der Waals surface area contributed by atoms with Crippen molar-refractivity contribution in [2.24, 2.45) is 11.8 Å². The van der Waals surface area contributed by atoms with Crippen molar-refractivity contribution >= 4 is 11.9 Å². The molecule has 1 aliphatic heterocycles. The van der Waals surface area contributed by atoms with Crippen LogP contribution in [0.15, 0.2) is 0 Å². The van der Waals surface area contributed by atoms with Crippen molar-refractivity contribution in [2.45, 2.75) is 39.0 Å². The summed E-state index contributed by atoms with van der Waals surface area (Å²) in [4.78, 5) is 14.9. The molecule has 0 radical (unpaired) electrons. The second kappa shape index (κ2) is 7.23. The molecule has 1 atom stereocenters. The number of ether oxygens (including phenoxy) is 1. The molecule has 1 fully saturated rings. The number of anilines is 2. The van der Waals surface area contributed by atoms with Gasteiger partial charge in [0.05, 0.1) is 7.11 Å². The Hall–Kier alpha value is -1.63. The van der Waals surface area contributed by atoms with E-state index in [1.165, 1.54) is 32.1 Å². The second-order valence-electron chi connectivity index (χ2n) is 5.16. The monoisotopic (exact) mass is 280 g/mol. The molecule has 7 heteroatoms. The lowest BCUT2D eigenvalue weighted by Crippen LogP contribution is -2.27. The molecule has 112 valence electrons. The maximum Gasteiger partial charge on any atom is 0.322 e. The molecule has 0 saturated carbocycles. The minimum atomic E-state index is 0.289. The van der Waals surface area contributed by atoms with E-state index in [1.807, 2.05) is 0 Å². The van der Waals surface area contributed by atoms with Crippen LogP contribution in [-0.4, -0.2) is 35.2 Å². The van der Waals surface area contributed by atoms with Crippen LogP contribution in [0.2, 0.25) is 0 Å². The summed E-state index contributed by atoms with van der Waals surface area (Å²) in [6.07, 6.45) is 6.21. The van der Waals surface area contributed by atoms with Gasteiger partial charge in [0.15, 0.2) is 0 Å². The lowest BCUT2D eigenvalue weighted by atomic mass is 9.96. The third-order valence-corrected chi connectivity index (χ3v) is 3.74. The second-order valence-corrected chi connectivity index (χ2v) is 5.16. The number of methoxy groups -OCH3 is 1. The van der Waals surface area contributed by atoms with Gasteiger partial charge in [-0.2, -0.15) is 15.0 Å². The number of rotatable bonds is 5. The molecule has 1 aromatic heterocycles. The first-order valence-electron chi connectivity index (χ1n) is 7.28. The van der Waals surface area contributed by atoms with Crippen molar-refractivity contribution in [2.75, 3.05) is 30.5 Å². The third-order valence-electron chi connectivity index (χ3n) is 3.74. The van der Waals surface area contributed by atoms with Gasteiger partial charge in [0.25, 0.3) is 0 Å². The number of nitrogen functional groups attached to an aromatic ring is 1. The molecular weight excluding hydrogens is 256 g/mol. The SMILES string of the molecule is CCCC1CCCN(c2nc(NN)nc(OC)n2)CC1. The summed E-state index contributed by atoms with van der Waals surface area (Å²) in [5.41, 5.74) is 2.46. The predicted molar refractivity (Wildman–Crippen MR) is 78.7 cm³/mol. The fourth-order valence-electron chi connectivity index (χ4n) is 2.71. The Kier molecular flexibility index (Phi) is 5.34. The zero-order chi connectivity index (χ0) is 14.4. The van der Waals surface area contributed by atoms with Gasteiger partial charge in [-0.3, -0.25) is 5.43 Å². The molecule has 1 unspecified atom stereocenters. The van der Waals surface area contributed by atoms with E-state index in [1.54, 1.807) is 7.11 Å². The average molecular weight is 280 g/mol. The largest absolute Gasteiger partial charge is 0.467 e. The Morgan fingerprint density at radius 1 is 1.30 bits per heavy atom. The minimum absolute atomic E-state index is 0.289. The van der Waals surface area contributed by atoms with Gasteiger partial charge in [0.2, 0.25) is 11.9 Å². The zero-order valence-corrected chi connectivity index (χ0v) is 12.3. The van der Waals surface area contributed by atoms with Crippen LogP contribution in [0.25, 0.3) is 0 Å².